The number of thiazole rings is 1. The second kappa shape index (κ2) is 12.5. The third-order valence-electron chi connectivity index (χ3n) is 3.20. The highest BCUT2D eigenvalue weighted by atomic mass is 127. The molecular formula is C18H26IN5O2S. The van der Waals surface area contributed by atoms with Gasteiger partial charge in [-0.3, -0.25) is 4.79 Å². The van der Waals surface area contributed by atoms with E-state index in [9.17, 15) is 4.79 Å². The van der Waals surface area contributed by atoms with Crippen molar-refractivity contribution in [1.29, 1.82) is 0 Å². The summed E-state index contributed by atoms with van der Waals surface area (Å²) in [4.78, 5) is 21.1. The monoisotopic (exact) mass is 503 g/mol. The van der Waals surface area contributed by atoms with Crippen LogP contribution in [-0.2, 0) is 11.3 Å². The quantitative estimate of drug-likeness (QED) is 0.223. The molecule has 1 heterocycles. The number of nitrogens with one attached hydrogen (secondary N) is 3. The average molecular weight is 503 g/mol. The molecule has 0 atom stereocenters. The molecule has 0 fully saturated rings. The summed E-state index contributed by atoms with van der Waals surface area (Å²) < 4.78 is 5.72. The van der Waals surface area contributed by atoms with Crippen LogP contribution in [0.3, 0.4) is 0 Å². The first-order valence-electron chi connectivity index (χ1n) is 8.50. The van der Waals surface area contributed by atoms with Gasteiger partial charge in [0.1, 0.15) is 17.4 Å². The zero-order valence-electron chi connectivity index (χ0n) is 15.7. The maximum absolute atomic E-state index is 11.1. The third kappa shape index (κ3) is 9.05. The van der Waals surface area contributed by atoms with Crippen LogP contribution in [0.5, 0.6) is 5.75 Å². The normalized spacial score (nSPS) is 10.7. The van der Waals surface area contributed by atoms with E-state index >= 15 is 0 Å². The standard InChI is InChI=1S/C18H25N5O2S.HI/c1-4-19-18(22-12-17-21-11-13(2)26-17)20-8-9-25-16-7-5-6-15(10-16)23-14(3)24;/h5-7,10-11H,4,8-9,12H2,1-3H3,(H,23,24)(H2,19,20,22);1H. The van der Waals surface area contributed by atoms with Crippen LogP contribution in [0.2, 0.25) is 0 Å². The third-order valence-corrected chi connectivity index (χ3v) is 4.10. The van der Waals surface area contributed by atoms with Gasteiger partial charge in [-0.15, -0.1) is 35.3 Å². The highest BCUT2D eigenvalue weighted by molar-refractivity contribution is 14.0. The molecule has 2 aromatic rings. The average Bonchev–Trinajstić information content (AvgIpc) is 3.01. The molecule has 27 heavy (non-hydrogen) atoms. The van der Waals surface area contributed by atoms with Crippen molar-refractivity contribution in [1.82, 2.24) is 15.6 Å². The first kappa shape index (κ1) is 23.2. The number of hydrogen-bond donors (Lipinski definition) is 3. The van der Waals surface area contributed by atoms with E-state index in [0.717, 1.165) is 23.2 Å². The van der Waals surface area contributed by atoms with Gasteiger partial charge in [0.2, 0.25) is 5.91 Å². The molecule has 0 aliphatic heterocycles. The van der Waals surface area contributed by atoms with E-state index in [0.29, 0.717) is 25.4 Å². The van der Waals surface area contributed by atoms with E-state index in [1.165, 1.54) is 11.8 Å². The van der Waals surface area contributed by atoms with Crippen molar-refractivity contribution < 1.29 is 9.53 Å². The number of aliphatic imine (C=N–C) groups is 1. The van der Waals surface area contributed by atoms with Crippen LogP contribution in [0.25, 0.3) is 0 Å². The van der Waals surface area contributed by atoms with E-state index in [4.69, 9.17) is 4.74 Å². The summed E-state index contributed by atoms with van der Waals surface area (Å²) in [5.41, 5.74) is 0.719. The summed E-state index contributed by atoms with van der Waals surface area (Å²) in [7, 11) is 0. The Morgan fingerprint density at radius 2 is 2.15 bits per heavy atom. The molecule has 9 heteroatoms. The summed E-state index contributed by atoms with van der Waals surface area (Å²) in [5.74, 6) is 1.33. The number of hydrogen-bond acceptors (Lipinski definition) is 5. The minimum Gasteiger partial charge on any atom is -0.492 e. The van der Waals surface area contributed by atoms with Gasteiger partial charge in [0, 0.05) is 36.3 Å². The molecule has 0 aliphatic carbocycles. The predicted molar refractivity (Wildman–Crippen MR) is 121 cm³/mol. The molecule has 0 unspecified atom stereocenters. The summed E-state index contributed by atoms with van der Waals surface area (Å²) in [5, 5.41) is 10.2. The Morgan fingerprint density at radius 3 is 2.81 bits per heavy atom. The number of carbonyl (C=O) groups excluding carboxylic acids is 1. The first-order valence-corrected chi connectivity index (χ1v) is 9.32. The molecule has 0 bridgehead atoms. The number of benzene rings is 1. The van der Waals surface area contributed by atoms with E-state index in [1.807, 2.05) is 38.2 Å². The Hall–Kier alpha value is -1.88. The van der Waals surface area contributed by atoms with Gasteiger partial charge in [-0.25, -0.2) is 9.98 Å². The van der Waals surface area contributed by atoms with Gasteiger partial charge in [0.15, 0.2) is 5.96 Å². The number of anilines is 1. The van der Waals surface area contributed by atoms with Gasteiger partial charge in [-0.05, 0) is 26.0 Å². The van der Waals surface area contributed by atoms with Gasteiger partial charge in [-0.2, -0.15) is 0 Å². The molecule has 1 aromatic carbocycles. The smallest absolute Gasteiger partial charge is 0.221 e. The van der Waals surface area contributed by atoms with Crippen LogP contribution in [0.15, 0.2) is 35.5 Å². The Bertz CT molecular complexity index is 751. The predicted octanol–water partition coefficient (Wildman–Crippen LogP) is 3.16. The van der Waals surface area contributed by atoms with Crippen LogP contribution < -0.4 is 20.7 Å². The molecular weight excluding hydrogens is 477 g/mol. The molecule has 0 saturated carbocycles. The second-order valence-corrected chi connectivity index (χ2v) is 6.86. The summed E-state index contributed by atoms with van der Waals surface area (Å²) >= 11 is 1.65. The van der Waals surface area contributed by atoms with Crippen molar-refractivity contribution in [3.05, 3.63) is 40.3 Å². The fourth-order valence-corrected chi connectivity index (χ4v) is 2.88. The number of amides is 1. The molecule has 2 rings (SSSR count). The number of halogens is 1. The molecule has 148 valence electrons. The molecule has 0 saturated heterocycles. The van der Waals surface area contributed by atoms with Gasteiger partial charge in [-0.1, -0.05) is 6.07 Å². The minimum atomic E-state index is -0.106. The molecule has 7 nitrogen and oxygen atoms in total. The van der Waals surface area contributed by atoms with Crippen molar-refractivity contribution >= 4 is 52.9 Å². The highest BCUT2D eigenvalue weighted by Crippen LogP contribution is 2.17. The second-order valence-electron chi connectivity index (χ2n) is 5.54. The summed E-state index contributed by atoms with van der Waals surface area (Å²) in [6.07, 6.45) is 1.86. The Labute approximate surface area is 181 Å². The van der Waals surface area contributed by atoms with Gasteiger partial charge in [0.05, 0.1) is 13.1 Å². The number of nitrogens with zero attached hydrogens (tertiary/aromatic N) is 2. The van der Waals surface area contributed by atoms with Gasteiger partial charge >= 0.3 is 0 Å². The topological polar surface area (TPSA) is 87.6 Å². The highest BCUT2D eigenvalue weighted by Gasteiger charge is 2.02. The summed E-state index contributed by atoms with van der Waals surface area (Å²) in [6, 6.07) is 7.32. The lowest BCUT2D eigenvalue weighted by Crippen LogP contribution is -2.39. The van der Waals surface area contributed by atoms with Gasteiger partial charge < -0.3 is 20.7 Å². The van der Waals surface area contributed by atoms with Crippen molar-refractivity contribution in [2.45, 2.75) is 27.3 Å². The minimum absolute atomic E-state index is 0. The van der Waals surface area contributed by atoms with Crippen LogP contribution >= 0.6 is 35.3 Å². The number of aryl methyl sites for hydroxylation is 1. The Kier molecular flexibility index (Phi) is 10.7. The fraction of sp³-hybridized carbons (Fsp3) is 0.389. The zero-order chi connectivity index (χ0) is 18.8. The fourth-order valence-electron chi connectivity index (χ4n) is 2.17. The molecule has 0 aliphatic rings. The van der Waals surface area contributed by atoms with Crippen molar-refractivity contribution in [2.75, 3.05) is 25.0 Å². The van der Waals surface area contributed by atoms with Crippen LogP contribution in [0.1, 0.15) is 23.7 Å². The van der Waals surface area contributed by atoms with E-state index in [2.05, 4.69) is 25.9 Å². The lowest BCUT2D eigenvalue weighted by molar-refractivity contribution is -0.114. The number of ether oxygens (including phenoxy) is 1. The maximum Gasteiger partial charge on any atom is 0.221 e. The Balaban J connectivity index is 0.00000364. The number of rotatable bonds is 8. The molecule has 1 aromatic heterocycles. The maximum atomic E-state index is 11.1. The number of carbonyl (C=O) groups is 1. The van der Waals surface area contributed by atoms with Crippen molar-refractivity contribution in [3.63, 3.8) is 0 Å². The van der Waals surface area contributed by atoms with Crippen molar-refractivity contribution in [2.24, 2.45) is 4.99 Å². The van der Waals surface area contributed by atoms with E-state index < -0.39 is 0 Å². The van der Waals surface area contributed by atoms with Crippen molar-refractivity contribution in [3.8, 4) is 5.75 Å². The Morgan fingerprint density at radius 1 is 1.33 bits per heavy atom. The lowest BCUT2D eigenvalue weighted by atomic mass is 10.3. The van der Waals surface area contributed by atoms with Crippen LogP contribution in [-0.4, -0.2) is 36.5 Å². The lowest BCUT2D eigenvalue weighted by Gasteiger charge is -2.12. The SMILES string of the molecule is CCNC(=NCc1ncc(C)s1)NCCOc1cccc(NC(C)=O)c1.I. The van der Waals surface area contributed by atoms with Gasteiger partial charge in [0.25, 0.3) is 0 Å². The molecule has 1 amide bonds. The number of aromatic nitrogens is 1. The van der Waals surface area contributed by atoms with E-state index in [-0.39, 0.29) is 29.9 Å². The molecule has 0 spiro atoms. The first-order chi connectivity index (χ1) is 12.6. The van der Waals surface area contributed by atoms with E-state index in [1.54, 1.807) is 17.4 Å². The van der Waals surface area contributed by atoms with Crippen LogP contribution in [0.4, 0.5) is 5.69 Å². The largest absolute Gasteiger partial charge is 0.492 e. The van der Waals surface area contributed by atoms with Crippen LogP contribution in [0, 0.1) is 6.92 Å². The summed E-state index contributed by atoms with van der Waals surface area (Å²) in [6.45, 7) is 7.95. The number of guanidine groups is 1. The zero-order valence-corrected chi connectivity index (χ0v) is 18.9. The molecule has 0 radical (unpaired) electrons. The molecule has 3 N–H and O–H groups in total.